The zero-order valence-corrected chi connectivity index (χ0v) is 11.9. The van der Waals surface area contributed by atoms with Gasteiger partial charge in [-0.25, -0.2) is 0 Å². The van der Waals surface area contributed by atoms with Crippen molar-refractivity contribution in [1.82, 2.24) is 5.32 Å². The Labute approximate surface area is 118 Å². The van der Waals surface area contributed by atoms with E-state index in [0.717, 1.165) is 5.56 Å². The van der Waals surface area contributed by atoms with Gasteiger partial charge in [0.1, 0.15) is 0 Å². The monoisotopic (exact) mass is 277 g/mol. The second kappa shape index (κ2) is 7.46. The summed E-state index contributed by atoms with van der Waals surface area (Å²) in [7, 11) is 0. The Balaban J connectivity index is 2.64. The van der Waals surface area contributed by atoms with E-state index in [1.165, 1.54) is 6.07 Å². The molecule has 0 saturated carbocycles. The molecule has 6 heteroatoms. The standard InChI is InChI=1S/C14H19N3O3/c1-10(2)16-12(9-15)6-7-20-14-8-11(3)4-5-13(14)17(18)19/h4-5,8,10,12,16H,6-7H2,1-3H3. The Morgan fingerprint density at radius 2 is 2.20 bits per heavy atom. The first-order valence-electron chi connectivity index (χ1n) is 6.47. The van der Waals surface area contributed by atoms with Gasteiger partial charge in [-0.3, -0.25) is 15.4 Å². The van der Waals surface area contributed by atoms with E-state index in [0.29, 0.717) is 6.42 Å². The predicted molar refractivity (Wildman–Crippen MR) is 75.6 cm³/mol. The third kappa shape index (κ3) is 4.86. The molecule has 0 amide bonds. The Morgan fingerprint density at radius 1 is 1.50 bits per heavy atom. The highest BCUT2D eigenvalue weighted by atomic mass is 16.6. The Bertz CT molecular complexity index is 509. The SMILES string of the molecule is Cc1ccc([N+](=O)[O-])c(OCCC(C#N)NC(C)C)c1. The molecule has 108 valence electrons. The highest BCUT2D eigenvalue weighted by Gasteiger charge is 2.16. The maximum Gasteiger partial charge on any atom is 0.310 e. The van der Waals surface area contributed by atoms with Crippen molar-refractivity contribution in [1.29, 1.82) is 5.26 Å². The molecule has 0 fully saturated rings. The normalized spacial score (nSPS) is 11.9. The largest absolute Gasteiger partial charge is 0.487 e. The van der Waals surface area contributed by atoms with E-state index in [1.807, 2.05) is 20.8 Å². The first kappa shape index (κ1) is 15.9. The maximum atomic E-state index is 10.9. The van der Waals surface area contributed by atoms with Gasteiger partial charge in [0.05, 0.1) is 23.6 Å². The molecule has 0 aliphatic heterocycles. The molecule has 0 aliphatic rings. The first-order valence-corrected chi connectivity index (χ1v) is 6.47. The lowest BCUT2D eigenvalue weighted by molar-refractivity contribution is -0.385. The zero-order chi connectivity index (χ0) is 15.1. The van der Waals surface area contributed by atoms with E-state index in [1.54, 1.807) is 12.1 Å². The predicted octanol–water partition coefficient (Wildman–Crippen LogP) is 2.56. The van der Waals surface area contributed by atoms with Gasteiger partial charge in [-0.1, -0.05) is 6.07 Å². The van der Waals surface area contributed by atoms with Crippen LogP contribution in [-0.2, 0) is 0 Å². The van der Waals surface area contributed by atoms with Gasteiger partial charge in [-0.15, -0.1) is 0 Å². The van der Waals surface area contributed by atoms with Crippen molar-refractivity contribution in [3.63, 3.8) is 0 Å². The van der Waals surface area contributed by atoms with Gasteiger partial charge < -0.3 is 4.74 Å². The van der Waals surface area contributed by atoms with Crippen LogP contribution < -0.4 is 10.1 Å². The van der Waals surface area contributed by atoms with Gasteiger partial charge in [0, 0.05) is 18.5 Å². The Morgan fingerprint density at radius 3 is 2.75 bits per heavy atom. The second-order valence-corrected chi connectivity index (χ2v) is 4.87. The average Bonchev–Trinajstić information content (AvgIpc) is 2.36. The minimum absolute atomic E-state index is 0.0547. The minimum Gasteiger partial charge on any atom is -0.487 e. The van der Waals surface area contributed by atoms with E-state index >= 15 is 0 Å². The lowest BCUT2D eigenvalue weighted by Gasteiger charge is -2.14. The second-order valence-electron chi connectivity index (χ2n) is 4.87. The molecule has 0 radical (unpaired) electrons. The molecule has 0 bridgehead atoms. The van der Waals surface area contributed by atoms with E-state index in [2.05, 4.69) is 11.4 Å². The lowest BCUT2D eigenvalue weighted by atomic mass is 10.2. The summed E-state index contributed by atoms with van der Waals surface area (Å²) in [4.78, 5) is 10.4. The quantitative estimate of drug-likeness (QED) is 0.611. The number of hydrogen-bond donors (Lipinski definition) is 1. The number of nitrogens with one attached hydrogen (secondary N) is 1. The summed E-state index contributed by atoms with van der Waals surface area (Å²) in [6, 6.07) is 6.76. The average molecular weight is 277 g/mol. The summed E-state index contributed by atoms with van der Waals surface area (Å²) < 4.78 is 5.46. The maximum absolute atomic E-state index is 10.9. The van der Waals surface area contributed by atoms with Crippen molar-refractivity contribution in [3.05, 3.63) is 33.9 Å². The number of ether oxygens (including phenoxy) is 1. The van der Waals surface area contributed by atoms with Crippen LogP contribution in [0.1, 0.15) is 25.8 Å². The van der Waals surface area contributed by atoms with Gasteiger partial charge in [-0.05, 0) is 32.4 Å². The van der Waals surface area contributed by atoms with Crippen molar-refractivity contribution in [2.24, 2.45) is 0 Å². The van der Waals surface area contributed by atoms with Gasteiger partial charge in [-0.2, -0.15) is 5.26 Å². The molecule has 1 aromatic rings. The van der Waals surface area contributed by atoms with Crippen LogP contribution in [0.15, 0.2) is 18.2 Å². The number of nitrogens with zero attached hydrogens (tertiary/aromatic N) is 2. The Hall–Kier alpha value is -2.13. The fourth-order valence-corrected chi connectivity index (χ4v) is 1.76. The number of nitro benzene ring substituents is 1. The molecule has 6 nitrogen and oxygen atoms in total. The number of nitriles is 1. The van der Waals surface area contributed by atoms with Crippen LogP contribution in [0.3, 0.4) is 0 Å². The summed E-state index contributed by atoms with van der Waals surface area (Å²) in [6.45, 7) is 6.00. The smallest absolute Gasteiger partial charge is 0.310 e. The third-order valence-corrected chi connectivity index (χ3v) is 2.67. The fourth-order valence-electron chi connectivity index (χ4n) is 1.76. The number of nitro groups is 1. The van der Waals surface area contributed by atoms with Crippen molar-refractivity contribution >= 4 is 5.69 Å². The molecule has 20 heavy (non-hydrogen) atoms. The molecule has 1 aromatic carbocycles. The molecular weight excluding hydrogens is 258 g/mol. The molecule has 0 saturated heterocycles. The van der Waals surface area contributed by atoms with Crippen LogP contribution >= 0.6 is 0 Å². The Kier molecular flexibility index (Phi) is 5.94. The van der Waals surface area contributed by atoms with Crippen molar-refractivity contribution in [2.75, 3.05) is 6.61 Å². The van der Waals surface area contributed by atoms with Crippen LogP contribution in [0.2, 0.25) is 0 Å². The lowest BCUT2D eigenvalue weighted by Crippen LogP contribution is -2.34. The first-order chi connectivity index (χ1) is 9.43. The number of hydrogen-bond acceptors (Lipinski definition) is 5. The summed E-state index contributed by atoms with van der Waals surface area (Å²) in [5, 5.41) is 23.0. The molecule has 0 spiro atoms. The van der Waals surface area contributed by atoms with Gasteiger partial charge in [0.2, 0.25) is 0 Å². The number of aryl methyl sites for hydroxylation is 1. The van der Waals surface area contributed by atoms with E-state index in [9.17, 15) is 10.1 Å². The molecule has 1 rings (SSSR count). The molecule has 1 unspecified atom stereocenters. The zero-order valence-electron chi connectivity index (χ0n) is 11.9. The third-order valence-electron chi connectivity index (χ3n) is 2.67. The molecule has 0 aromatic heterocycles. The van der Waals surface area contributed by atoms with Crippen LogP contribution in [0.25, 0.3) is 0 Å². The summed E-state index contributed by atoms with van der Waals surface area (Å²) >= 11 is 0. The number of benzene rings is 1. The number of rotatable bonds is 7. The summed E-state index contributed by atoms with van der Waals surface area (Å²) in [6.07, 6.45) is 0.472. The molecular formula is C14H19N3O3. The van der Waals surface area contributed by atoms with Gasteiger partial charge in [0.15, 0.2) is 5.75 Å². The summed E-state index contributed by atoms with van der Waals surface area (Å²) in [5.41, 5.74) is 0.837. The molecule has 0 heterocycles. The highest BCUT2D eigenvalue weighted by Crippen LogP contribution is 2.27. The minimum atomic E-state index is -0.469. The van der Waals surface area contributed by atoms with Crippen LogP contribution in [0, 0.1) is 28.4 Å². The highest BCUT2D eigenvalue weighted by molar-refractivity contribution is 5.48. The molecule has 1 N–H and O–H groups in total. The van der Waals surface area contributed by atoms with Crippen molar-refractivity contribution < 1.29 is 9.66 Å². The fraction of sp³-hybridized carbons (Fsp3) is 0.500. The van der Waals surface area contributed by atoms with Crippen molar-refractivity contribution in [3.8, 4) is 11.8 Å². The van der Waals surface area contributed by atoms with Crippen LogP contribution in [0.5, 0.6) is 5.75 Å². The molecule has 1 atom stereocenters. The van der Waals surface area contributed by atoms with Crippen molar-refractivity contribution in [2.45, 2.75) is 39.3 Å². The van der Waals surface area contributed by atoms with Gasteiger partial charge in [0.25, 0.3) is 0 Å². The summed E-state index contributed by atoms with van der Waals surface area (Å²) in [5.74, 6) is 0.247. The van der Waals surface area contributed by atoms with E-state index in [-0.39, 0.29) is 30.1 Å². The van der Waals surface area contributed by atoms with Crippen LogP contribution in [-0.4, -0.2) is 23.6 Å². The topological polar surface area (TPSA) is 88.2 Å². The van der Waals surface area contributed by atoms with E-state index in [4.69, 9.17) is 10.00 Å². The van der Waals surface area contributed by atoms with Crippen LogP contribution in [0.4, 0.5) is 5.69 Å². The van der Waals surface area contributed by atoms with Gasteiger partial charge >= 0.3 is 5.69 Å². The molecule has 0 aliphatic carbocycles. The van der Waals surface area contributed by atoms with E-state index < -0.39 is 4.92 Å².